The highest BCUT2D eigenvalue weighted by molar-refractivity contribution is 6.30. The number of amides is 1. The number of carbonyl (C=O) groups is 1. The van der Waals surface area contributed by atoms with E-state index in [9.17, 15) is 9.59 Å². The fourth-order valence-corrected chi connectivity index (χ4v) is 3.08. The highest BCUT2D eigenvalue weighted by Crippen LogP contribution is 2.16. The number of halogens is 1. The van der Waals surface area contributed by atoms with E-state index in [0.717, 1.165) is 5.56 Å². The van der Waals surface area contributed by atoms with E-state index in [1.807, 2.05) is 18.2 Å². The number of aromatic amines is 1. The maximum absolute atomic E-state index is 12.9. The zero-order chi connectivity index (χ0) is 19.5. The molecule has 2 aromatic carbocycles. The molecule has 0 aliphatic heterocycles. The van der Waals surface area contributed by atoms with Crippen LogP contribution in [0.2, 0.25) is 5.02 Å². The van der Waals surface area contributed by atoms with Crippen LogP contribution in [0.4, 0.5) is 0 Å². The smallest absolute Gasteiger partial charge is 0.290 e. The lowest BCUT2D eigenvalue weighted by molar-refractivity contribution is 0.0693. The molecule has 0 atom stereocenters. The van der Waals surface area contributed by atoms with Crippen LogP contribution >= 0.6 is 11.6 Å². The van der Waals surface area contributed by atoms with Crippen LogP contribution in [-0.2, 0) is 13.1 Å². The van der Waals surface area contributed by atoms with Crippen molar-refractivity contribution in [3.63, 3.8) is 0 Å². The number of hydrogen-bond acceptors (Lipinski definition) is 4. The Bertz CT molecular complexity index is 1170. The van der Waals surface area contributed by atoms with Gasteiger partial charge in [-0.3, -0.25) is 9.59 Å². The molecule has 0 radical (unpaired) electrons. The first-order chi connectivity index (χ1) is 13.6. The molecule has 0 spiro atoms. The summed E-state index contributed by atoms with van der Waals surface area (Å²) < 4.78 is 5.26. The first-order valence-corrected chi connectivity index (χ1v) is 9.03. The van der Waals surface area contributed by atoms with Gasteiger partial charge in [0.25, 0.3) is 11.5 Å². The van der Waals surface area contributed by atoms with Gasteiger partial charge in [0.1, 0.15) is 5.82 Å². The third kappa shape index (κ3) is 3.82. The highest BCUT2D eigenvalue weighted by Gasteiger charge is 2.20. The Morgan fingerprint density at radius 2 is 1.82 bits per heavy atom. The maximum Gasteiger partial charge on any atom is 0.290 e. The maximum atomic E-state index is 12.9. The van der Waals surface area contributed by atoms with E-state index in [4.69, 9.17) is 16.0 Å². The number of rotatable bonds is 5. The molecule has 0 aliphatic carbocycles. The van der Waals surface area contributed by atoms with E-state index < -0.39 is 0 Å². The van der Waals surface area contributed by atoms with Crippen molar-refractivity contribution >= 4 is 28.4 Å². The molecule has 7 heteroatoms. The molecule has 4 rings (SSSR count). The number of H-pyrrole nitrogens is 1. The number of carbonyl (C=O) groups excluding carboxylic acids is 1. The van der Waals surface area contributed by atoms with E-state index in [-0.39, 0.29) is 23.8 Å². The van der Waals surface area contributed by atoms with Gasteiger partial charge in [-0.15, -0.1) is 0 Å². The Morgan fingerprint density at radius 3 is 2.57 bits per heavy atom. The molecule has 0 saturated carbocycles. The number of nitrogens with one attached hydrogen (secondary N) is 1. The Kier molecular flexibility index (Phi) is 4.95. The van der Waals surface area contributed by atoms with Crippen LogP contribution in [-0.4, -0.2) is 20.8 Å². The van der Waals surface area contributed by atoms with Crippen LogP contribution in [0.5, 0.6) is 0 Å². The van der Waals surface area contributed by atoms with Crippen LogP contribution in [0.15, 0.2) is 76.1 Å². The number of benzene rings is 2. The minimum Gasteiger partial charge on any atom is -0.459 e. The van der Waals surface area contributed by atoms with Gasteiger partial charge in [0.15, 0.2) is 5.76 Å². The third-order valence-electron chi connectivity index (χ3n) is 4.31. The van der Waals surface area contributed by atoms with Gasteiger partial charge in [0.05, 0.1) is 23.7 Å². The van der Waals surface area contributed by atoms with Gasteiger partial charge in [-0.1, -0.05) is 35.9 Å². The minimum atomic E-state index is -0.296. The molecule has 28 heavy (non-hydrogen) atoms. The molecular formula is C21H16ClN3O3. The van der Waals surface area contributed by atoms with Crippen molar-refractivity contribution in [2.24, 2.45) is 0 Å². The lowest BCUT2D eigenvalue weighted by atomic mass is 10.2. The van der Waals surface area contributed by atoms with Crippen LogP contribution in [0.3, 0.4) is 0 Å². The third-order valence-corrected chi connectivity index (χ3v) is 4.56. The van der Waals surface area contributed by atoms with Crippen molar-refractivity contribution in [3.8, 4) is 0 Å². The molecule has 0 bridgehead atoms. The number of nitrogens with zero attached hydrogens (tertiary/aromatic N) is 2. The molecule has 140 valence electrons. The van der Waals surface area contributed by atoms with Gasteiger partial charge in [-0.2, -0.15) is 0 Å². The van der Waals surface area contributed by atoms with E-state index in [1.54, 1.807) is 47.4 Å². The second kappa shape index (κ2) is 7.70. The van der Waals surface area contributed by atoms with E-state index >= 15 is 0 Å². The fourth-order valence-electron chi connectivity index (χ4n) is 2.96. The van der Waals surface area contributed by atoms with E-state index in [1.165, 1.54) is 6.26 Å². The van der Waals surface area contributed by atoms with Crippen molar-refractivity contribution in [2.75, 3.05) is 0 Å². The van der Waals surface area contributed by atoms with E-state index in [2.05, 4.69) is 9.97 Å². The first-order valence-electron chi connectivity index (χ1n) is 8.65. The summed E-state index contributed by atoms with van der Waals surface area (Å²) in [4.78, 5) is 34.1. The molecule has 2 heterocycles. The fraction of sp³-hybridized carbons (Fsp3) is 0.0952. The molecule has 0 saturated heterocycles. The summed E-state index contributed by atoms with van der Waals surface area (Å²) >= 11 is 5.95. The monoisotopic (exact) mass is 393 g/mol. The second-order valence-electron chi connectivity index (χ2n) is 6.29. The highest BCUT2D eigenvalue weighted by atomic mass is 35.5. The molecule has 2 aromatic heterocycles. The normalized spacial score (nSPS) is 10.9. The predicted octanol–water partition coefficient (Wildman–Crippen LogP) is 4.01. The Labute approximate surface area is 165 Å². The van der Waals surface area contributed by atoms with Gasteiger partial charge in [0, 0.05) is 11.6 Å². The SMILES string of the molecule is O=C(c1ccco1)N(Cc1ccc(Cl)cc1)Cc1nc2ccccc2c(=O)[nH]1. The molecule has 0 fully saturated rings. The predicted molar refractivity (Wildman–Crippen MR) is 106 cm³/mol. The average Bonchev–Trinajstić information content (AvgIpc) is 3.23. The average molecular weight is 394 g/mol. The molecule has 1 amide bonds. The summed E-state index contributed by atoms with van der Waals surface area (Å²) in [6.45, 7) is 0.440. The molecule has 0 unspecified atom stereocenters. The van der Waals surface area contributed by atoms with Gasteiger partial charge in [-0.25, -0.2) is 4.98 Å². The lowest BCUT2D eigenvalue weighted by Gasteiger charge is -2.21. The van der Waals surface area contributed by atoms with Gasteiger partial charge >= 0.3 is 0 Å². The topological polar surface area (TPSA) is 79.2 Å². The molecule has 4 aromatic rings. The van der Waals surface area contributed by atoms with Crippen LogP contribution in [0.1, 0.15) is 21.9 Å². The van der Waals surface area contributed by atoms with Crippen molar-refractivity contribution in [1.82, 2.24) is 14.9 Å². The number of para-hydroxylation sites is 1. The molecule has 6 nitrogen and oxygen atoms in total. The number of furan rings is 1. The Balaban J connectivity index is 1.67. The molecule has 1 N–H and O–H groups in total. The Hall–Kier alpha value is -3.38. The standard InChI is InChI=1S/C21H16ClN3O3/c22-15-9-7-14(8-10-15)12-25(21(27)18-6-3-11-28-18)13-19-23-17-5-2-1-4-16(17)20(26)24-19/h1-11H,12-13H2,(H,23,24,26). The zero-order valence-corrected chi connectivity index (χ0v) is 15.5. The van der Waals surface area contributed by atoms with Crippen molar-refractivity contribution < 1.29 is 9.21 Å². The summed E-state index contributed by atoms with van der Waals surface area (Å²) in [6.07, 6.45) is 1.45. The summed E-state index contributed by atoms with van der Waals surface area (Å²) in [6, 6.07) is 17.6. The number of aromatic nitrogens is 2. The van der Waals surface area contributed by atoms with Crippen LogP contribution in [0, 0.1) is 0 Å². The molecular weight excluding hydrogens is 378 g/mol. The van der Waals surface area contributed by atoms with Crippen LogP contribution in [0.25, 0.3) is 10.9 Å². The van der Waals surface area contributed by atoms with Gasteiger partial charge in [-0.05, 0) is 42.0 Å². The Morgan fingerprint density at radius 1 is 1.04 bits per heavy atom. The first kappa shape index (κ1) is 18.0. The summed E-state index contributed by atoms with van der Waals surface area (Å²) in [5.74, 6) is 0.324. The van der Waals surface area contributed by atoms with Gasteiger partial charge in [0.2, 0.25) is 0 Å². The van der Waals surface area contributed by atoms with Gasteiger partial charge < -0.3 is 14.3 Å². The van der Waals surface area contributed by atoms with Crippen molar-refractivity contribution in [2.45, 2.75) is 13.1 Å². The second-order valence-corrected chi connectivity index (χ2v) is 6.73. The quantitative estimate of drug-likeness (QED) is 0.555. The van der Waals surface area contributed by atoms with E-state index in [0.29, 0.717) is 28.3 Å². The minimum absolute atomic E-state index is 0.127. The molecule has 0 aliphatic rings. The zero-order valence-electron chi connectivity index (χ0n) is 14.8. The van der Waals surface area contributed by atoms with Crippen molar-refractivity contribution in [3.05, 3.63) is 99.5 Å². The number of fused-ring (bicyclic) bond motifs is 1. The van der Waals surface area contributed by atoms with Crippen molar-refractivity contribution in [1.29, 1.82) is 0 Å². The largest absolute Gasteiger partial charge is 0.459 e. The summed E-state index contributed by atoms with van der Waals surface area (Å²) in [5, 5.41) is 1.13. The summed E-state index contributed by atoms with van der Waals surface area (Å²) in [5.41, 5.74) is 1.24. The lowest BCUT2D eigenvalue weighted by Crippen LogP contribution is -2.31. The summed E-state index contributed by atoms with van der Waals surface area (Å²) in [7, 11) is 0. The number of hydrogen-bond donors (Lipinski definition) is 1. The van der Waals surface area contributed by atoms with Crippen LogP contribution < -0.4 is 5.56 Å².